The molecule has 0 radical (unpaired) electrons. The molecule has 0 aromatic carbocycles. The van der Waals surface area contributed by atoms with Crippen molar-refractivity contribution in [2.75, 3.05) is 13.2 Å². The lowest BCUT2D eigenvalue weighted by atomic mass is 10.1. The summed E-state index contributed by atoms with van der Waals surface area (Å²) in [6.07, 6.45) is 0.349. The van der Waals surface area contributed by atoms with E-state index in [1.54, 1.807) is 0 Å². The molecule has 2 unspecified atom stereocenters. The molecule has 1 aliphatic heterocycles. The molecule has 2 atom stereocenters. The van der Waals surface area contributed by atoms with E-state index in [-0.39, 0.29) is 5.54 Å². The van der Waals surface area contributed by atoms with Crippen LogP contribution in [-0.2, 0) is 17.8 Å². The van der Waals surface area contributed by atoms with E-state index in [0.717, 1.165) is 26.2 Å². The first-order chi connectivity index (χ1) is 9.74. The number of morpholine rings is 1. The summed E-state index contributed by atoms with van der Waals surface area (Å²) in [6.45, 7) is 17.2. The van der Waals surface area contributed by atoms with E-state index in [0.29, 0.717) is 12.1 Å². The maximum Gasteiger partial charge on any atom is 0.0674 e. The predicted octanol–water partition coefficient (Wildman–Crippen LogP) is 3.55. The van der Waals surface area contributed by atoms with E-state index < -0.39 is 0 Å². The number of ether oxygens (including phenoxy) is 1. The lowest BCUT2D eigenvalue weighted by molar-refractivity contribution is -0.0526. The minimum absolute atomic E-state index is 0.173. The maximum absolute atomic E-state index is 5.72. The lowest BCUT2D eigenvalue weighted by Crippen LogP contribution is -2.46. The molecule has 0 amide bonds. The highest BCUT2D eigenvalue weighted by atomic mass is 32.1. The Morgan fingerprint density at radius 2 is 2.10 bits per heavy atom. The Hall–Kier alpha value is -0.420. The van der Waals surface area contributed by atoms with Crippen molar-refractivity contribution in [3.05, 3.63) is 21.4 Å². The van der Waals surface area contributed by atoms with Crippen LogP contribution in [0.1, 0.15) is 49.9 Å². The van der Waals surface area contributed by atoms with Gasteiger partial charge in [-0.2, -0.15) is 0 Å². The summed E-state index contributed by atoms with van der Waals surface area (Å²) in [6, 6.07) is 2.89. The van der Waals surface area contributed by atoms with E-state index in [2.05, 4.69) is 57.8 Å². The van der Waals surface area contributed by atoms with Gasteiger partial charge in [-0.25, -0.2) is 0 Å². The average Bonchev–Trinajstić information content (AvgIpc) is 2.72. The third kappa shape index (κ3) is 5.06. The second kappa shape index (κ2) is 6.78. The molecule has 1 aromatic rings. The van der Waals surface area contributed by atoms with Crippen molar-refractivity contribution in [3.63, 3.8) is 0 Å². The number of nitrogens with one attached hydrogen (secondary N) is 1. The molecule has 4 heteroatoms. The van der Waals surface area contributed by atoms with Crippen molar-refractivity contribution in [1.82, 2.24) is 10.2 Å². The first kappa shape index (κ1) is 16.9. The van der Waals surface area contributed by atoms with Gasteiger partial charge in [0, 0.05) is 41.0 Å². The molecule has 1 N–H and O–H groups in total. The number of thiophene rings is 1. The van der Waals surface area contributed by atoms with Gasteiger partial charge in [-0.3, -0.25) is 4.90 Å². The molecule has 3 nitrogen and oxygen atoms in total. The Morgan fingerprint density at radius 3 is 2.76 bits per heavy atom. The number of hydrogen-bond donors (Lipinski definition) is 1. The van der Waals surface area contributed by atoms with Gasteiger partial charge in [0.1, 0.15) is 0 Å². The molecular formula is C17H30N2OS. The van der Waals surface area contributed by atoms with E-state index in [1.807, 2.05) is 11.3 Å². The largest absolute Gasteiger partial charge is 0.376 e. The summed E-state index contributed by atoms with van der Waals surface area (Å²) >= 11 is 1.93. The van der Waals surface area contributed by atoms with Gasteiger partial charge in [-0.05, 0) is 53.2 Å². The van der Waals surface area contributed by atoms with Gasteiger partial charge in [0.25, 0.3) is 0 Å². The smallest absolute Gasteiger partial charge is 0.0674 e. The van der Waals surface area contributed by atoms with Crippen molar-refractivity contribution in [2.45, 2.75) is 72.3 Å². The third-order valence-corrected chi connectivity index (χ3v) is 5.07. The predicted molar refractivity (Wildman–Crippen MR) is 90.9 cm³/mol. The van der Waals surface area contributed by atoms with Gasteiger partial charge in [0.2, 0.25) is 0 Å². The number of aryl methyl sites for hydroxylation is 1. The van der Waals surface area contributed by atoms with Gasteiger partial charge in [-0.15, -0.1) is 11.3 Å². The standard InChI is InChI=1S/C17H30N2OS/c1-12-11-20-13(2)9-19(12)10-15-7-16(21-14(15)3)8-18-17(4,5)6/h7,12-13,18H,8-11H2,1-6H3. The summed E-state index contributed by atoms with van der Waals surface area (Å²) in [7, 11) is 0. The summed E-state index contributed by atoms with van der Waals surface area (Å²) in [5.41, 5.74) is 1.65. The highest BCUT2D eigenvalue weighted by Gasteiger charge is 2.24. The van der Waals surface area contributed by atoms with Crippen molar-refractivity contribution in [3.8, 4) is 0 Å². The zero-order valence-electron chi connectivity index (χ0n) is 14.3. The fourth-order valence-electron chi connectivity index (χ4n) is 2.59. The fourth-order valence-corrected chi connectivity index (χ4v) is 3.59. The molecule has 1 aromatic heterocycles. The van der Waals surface area contributed by atoms with Crippen LogP contribution in [0, 0.1) is 6.92 Å². The molecule has 120 valence electrons. The van der Waals surface area contributed by atoms with E-state index in [9.17, 15) is 0 Å². The first-order valence-electron chi connectivity index (χ1n) is 7.93. The molecule has 0 bridgehead atoms. The summed E-state index contributed by atoms with van der Waals surface area (Å²) in [4.78, 5) is 5.43. The molecule has 1 aliphatic rings. The Balaban J connectivity index is 1.98. The maximum atomic E-state index is 5.72. The Bertz CT molecular complexity index is 464. The lowest BCUT2D eigenvalue weighted by Gasteiger charge is -2.36. The molecule has 2 rings (SSSR count). The Labute approximate surface area is 133 Å². The third-order valence-electron chi connectivity index (χ3n) is 3.97. The second-order valence-corrected chi connectivity index (χ2v) is 8.66. The van der Waals surface area contributed by atoms with Crippen LogP contribution in [-0.4, -0.2) is 35.7 Å². The fraction of sp³-hybridized carbons (Fsp3) is 0.765. The van der Waals surface area contributed by atoms with Crippen LogP contribution in [0.5, 0.6) is 0 Å². The van der Waals surface area contributed by atoms with Crippen molar-refractivity contribution in [1.29, 1.82) is 0 Å². The zero-order valence-corrected chi connectivity index (χ0v) is 15.1. The van der Waals surface area contributed by atoms with E-state index in [4.69, 9.17) is 4.74 Å². The van der Waals surface area contributed by atoms with Gasteiger partial charge >= 0.3 is 0 Å². The van der Waals surface area contributed by atoms with E-state index >= 15 is 0 Å². The topological polar surface area (TPSA) is 24.5 Å². The number of rotatable bonds is 4. The highest BCUT2D eigenvalue weighted by molar-refractivity contribution is 7.12. The zero-order chi connectivity index (χ0) is 15.6. The minimum Gasteiger partial charge on any atom is -0.376 e. The van der Waals surface area contributed by atoms with Gasteiger partial charge in [0.05, 0.1) is 12.7 Å². The number of nitrogens with zero attached hydrogens (tertiary/aromatic N) is 1. The Morgan fingerprint density at radius 1 is 1.38 bits per heavy atom. The first-order valence-corrected chi connectivity index (χ1v) is 8.75. The molecular weight excluding hydrogens is 280 g/mol. The second-order valence-electron chi connectivity index (χ2n) is 7.32. The molecule has 0 saturated carbocycles. The van der Waals surface area contributed by atoms with Crippen molar-refractivity contribution < 1.29 is 4.74 Å². The van der Waals surface area contributed by atoms with Crippen LogP contribution in [0.4, 0.5) is 0 Å². The number of hydrogen-bond acceptors (Lipinski definition) is 4. The van der Waals surface area contributed by atoms with Gasteiger partial charge in [-0.1, -0.05) is 0 Å². The molecule has 1 fully saturated rings. The molecule has 0 aliphatic carbocycles. The average molecular weight is 311 g/mol. The molecule has 2 heterocycles. The molecule has 0 spiro atoms. The monoisotopic (exact) mass is 310 g/mol. The van der Waals surface area contributed by atoms with E-state index in [1.165, 1.54) is 15.3 Å². The van der Waals surface area contributed by atoms with Gasteiger partial charge in [0.15, 0.2) is 0 Å². The van der Waals surface area contributed by atoms with Crippen LogP contribution in [0.2, 0.25) is 0 Å². The van der Waals surface area contributed by atoms with Crippen LogP contribution in [0.3, 0.4) is 0 Å². The van der Waals surface area contributed by atoms with Crippen LogP contribution in [0.15, 0.2) is 6.07 Å². The van der Waals surface area contributed by atoms with Crippen LogP contribution >= 0.6 is 11.3 Å². The summed E-state index contributed by atoms with van der Waals surface area (Å²) < 4.78 is 5.72. The van der Waals surface area contributed by atoms with Crippen LogP contribution < -0.4 is 5.32 Å². The highest BCUT2D eigenvalue weighted by Crippen LogP contribution is 2.25. The van der Waals surface area contributed by atoms with Crippen molar-refractivity contribution >= 4 is 11.3 Å². The quantitative estimate of drug-likeness (QED) is 0.920. The Kier molecular flexibility index (Phi) is 5.47. The SMILES string of the molecule is Cc1sc(CNC(C)(C)C)cc1CN1CC(C)OCC1C. The summed E-state index contributed by atoms with van der Waals surface area (Å²) in [5, 5.41) is 3.57. The summed E-state index contributed by atoms with van der Waals surface area (Å²) in [5.74, 6) is 0. The van der Waals surface area contributed by atoms with Crippen LogP contribution in [0.25, 0.3) is 0 Å². The van der Waals surface area contributed by atoms with Crippen molar-refractivity contribution in [2.24, 2.45) is 0 Å². The normalized spacial score (nSPS) is 24.5. The molecule has 21 heavy (non-hydrogen) atoms. The minimum atomic E-state index is 0.173. The molecule has 1 saturated heterocycles. The van der Waals surface area contributed by atoms with Gasteiger partial charge < -0.3 is 10.1 Å².